The second kappa shape index (κ2) is 8.24. The Balaban J connectivity index is 1.31. The van der Waals surface area contributed by atoms with Gasteiger partial charge >= 0.3 is 0 Å². The highest BCUT2D eigenvalue weighted by molar-refractivity contribution is 6.06. The maximum atomic E-state index is 12.8. The summed E-state index contributed by atoms with van der Waals surface area (Å²) in [5, 5.41) is 11.2. The summed E-state index contributed by atoms with van der Waals surface area (Å²) in [4.78, 5) is 31.3. The standard InChI is InChI=1S/C22H32N6O2/c1-5-16-15(17(6-2)27(4)26-16)12-25-22(23-3)24-9-10-28-20(29)18-13-7-8-14(11-13)19(18)21(28)30/h7-8,13-14,18-19H,5-6,9-12H2,1-4H3,(H2,23,24,25). The summed E-state index contributed by atoms with van der Waals surface area (Å²) in [5.41, 5.74) is 3.53. The third-order valence-corrected chi connectivity index (χ3v) is 6.87. The second-order valence-electron chi connectivity index (χ2n) is 8.38. The molecule has 1 aliphatic heterocycles. The summed E-state index contributed by atoms with van der Waals surface area (Å²) in [6, 6.07) is 0. The number of carbonyl (C=O) groups is 2. The Morgan fingerprint density at radius 1 is 1.13 bits per heavy atom. The maximum absolute atomic E-state index is 12.8. The number of hydrogen-bond donors (Lipinski definition) is 2. The number of fused-ring (bicyclic) bond motifs is 5. The lowest BCUT2D eigenvalue weighted by atomic mass is 9.85. The molecule has 0 radical (unpaired) electrons. The molecule has 1 saturated heterocycles. The van der Waals surface area contributed by atoms with Crippen LogP contribution >= 0.6 is 0 Å². The molecular formula is C22H32N6O2. The van der Waals surface area contributed by atoms with E-state index in [0.29, 0.717) is 25.6 Å². The zero-order chi connectivity index (χ0) is 21.4. The van der Waals surface area contributed by atoms with Crippen molar-refractivity contribution in [1.29, 1.82) is 0 Å². The van der Waals surface area contributed by atoms with Crippen LogP contribution in [0.15, 0.2) is 17.1 Å². The van der Waals surface area contributed by atoms with Crippen LogP contribution in [-0.2, 0) is 36.0 Å². The third-order valence-electron chi connectivity index (χ3n) is 6.87. The normalized spacial score (nSPS) is 27.3. The minimum atomic E-state index is -0.129. The van der Waals surface area contributed by atoms with E-state index >= 15 is 0 Å². The maximum Gasteiger partial charge on any atom is 0.233 e. The number of rotatable bonds is 7. The number of likely N-dealkylation sites (tertiary alicyclic amines) is 1. The fourth-order valence-electron chi connectivity index (χ4n) is 5.46. The molecule has 4 rings (SSSR count). The lowest BCUT2D eigenvalue weighted by Crippen LogP contribution is -2.43. The lowest BCUT2D eigenvalue weighted by Gasteiger charge is -2.19. The lowest BCUT2D eigenvalue weighted by molar-refractivity contribution is -0.140. The molecule has 2 N–H and O–H groups in total. The number of guanidine groups is 1. The topological polar surface area (TPSA) is 91.6 Å². The summed E-state index contributed by atoms with van der Waals surface area (Å²) in [7, 11) is 3.70. The van der Waals surface area contributed by atoms with Gasteiger partial charge in [-0.15, -0.1) is 0 Å². The van der Waals surface area contributed by atoms with Gasteiger partial charge in [0.2, 0.25) is 11.8 Å². The van der Waals surface area contributed by atoms with Gasteiger partial charge in [0.25, 0.3) is 0 Å². The summed E-state index contributed by atoms with van der Waals surface area (Å²) in [5.74, 6) is 0.909. The van der Waals surface area contributed by atoms with E-state index in [1.807, 2.05) is 11.7 Å². The van der Waals surface area contributed by atoms with E-state index in [1.165, 1.54) is 16.2 Å². The van der Waals surface area contributed by atoms with Crippen LogP contribution in [0.3, 0.4) is 0 Å². The van der Waals surface area contributed by atoms with Gasteiger partial charge in [0.15, 0.2) is 5.96 Å². The average Bonchev–Trinajstić information content (AvgIpc) is 3.48. The van der Waals surface area contributed by atoms with Crippen molar-refractivity contribution in [3.63, 3.8) is 0 Å². The first-order chi connectivity index (χ1) is 14.5. The highest BCUT2D eigenvalue weighted by Gasteiger charge is 2.58. The molecule has 2 bridgehead atoms. The minimum absolute atomic E-state index is 0.00197. The van der Waals surface area contributed by atoms with Crippen LogP contribution in [0.25, 0.3) is 0 Å². The monoisotopic (exact) mass is 412 g/mol. The molecule has 4 atom stereocenters. The first-order valence-electron chi connectivity index (χ1n) is 11.0. The molecule has 8 nitrogen and oxygen atoms in total. The highest BCUT2D eigenvalue weighted by atomic mass is 16.2. The summed E-state index contributed by atoms with van der Waals surface area (Å²) >= 11 is 0. The van der Waals surface area contributed by atoms with Crippen LogP contribution in [0, 0.1) is 23.7 Å². The molecule has 2 fully saturated rings. The molecule has 0 aromatic carbocycles. The first-order valence-corrected chi connectivity index (χ1v) is 11.0. The summed E-state index contributed by atoms with van der Waals surface area (Å²) in [6.45, 7) is 5.74. The SMILES string of the molecule is CCc1nn(C)c(CC)c1CNC(=NC)NCCN1C(=O)C2C3C=CC(C3)C2C1=O. The Kier molecular flexibility index (Phi) is 5.66. The van der Waals surface area contributed by atoms with Crippen molar-refractivity contribution in [3.05, 3.63) is 29.1 Å². The fourth-order valence-corrected chi connectivity index (χ4v) is 5.46. The van der Waals surface area contributed by atoms with Crippen molar-refractivity contribution < 1.29 is 9.59 Å². The van der Waals surface area contributed by atoms with Crippen LogP contribution in [0.5, 0.6) is 0 Å². The molecule has 162 valence electrons. The molecule has 2 aliphatic carbocycles. The van der Waals surface area contributed by atoms with Gasteiger partial charge < -0.3 is 10.6 Å². The van der Waals surface area contributed by atoms with Gasteiger partial charge in [0.1, 0.15) is 0 Å². The number of aliphatic imine (C=N–C) groups is 1. The van der Waals surface area contributed by atoms with Gasteiger partial charge in [0, 0.05) is 45.0 Å². The van der Waals surface area contributed by atoms with E-state index in [4.69, 9.17) is 0 Å². The van der Waals surface area contributed by atoms with Gasteiger partial charge in [-0.05, 0) is 31.1 Å². The smallest absolute Gasteiger partial charge is 0.233 e. The van der Waals surface area contributed by atoms with E-state index in [-0.39, 0.29) is 35.5 Å². The van der Waals surface area contributed by atoms with Gasteiger partial charge in [-0.25, -0.2) is 0 Å². The van der Waals surface area contributed by atoms with Crippen molar-refractivity contribution in [2.45, 2.75) is 39.7 Å². The Morgan fingerprint density at radius 3 is 2.37 bits per heavy atom. The number of carbonyl (C=O) groups excluding carboxylic acids is 2. The predicted octanol–water partition coefficient (Wildman–Crippen LogP) is 1.02. The van der Waals surface area contributed by atoms with Gasteiger partial charge in [0.05, 0.1) is 17.5 Å². The Bertz CT molecular complexity index is 872. The minimum Gasteiger partial charge on any atom is -0.355 e. The quantitative estimate of drug-likeness (QED) is 0.302. The molecule has 30 heavy (non-hydrogen) atoms. The Hall–Kier alpha value is -2.64. The van der Waals surface area contributed by atoms with Gasteiger partial charge in [-0.2, -0.15) is 5.10 Å². The predicted molar refractivity (Wildman–Crippen MR) is 115 cm³/mol. The number of allylic oxidation sites excluding steroid dienone is 2. The van der Waals surface area contributed by atoms with Crippen molar-refractivity contribution in [1.82, 2.24) is 25.3 Å². The molecule has 0 spiro atoms. The molecule has 1 aromatic rings. The first kappa shape index (κ1) is 20.6. The molecule has 1 aromatic heterocycles. The number of hydrogen-bond acceptors (Lipinski definition) is 4. The van der Waals surface area contributed by atoms with E-state index < -0.39 is 0 Å². The molecule has 3 aliphatic rings. The van der Waals surface area contributed by atoms with Crippen LogP contribution in [0.4, 0.5) is 0 Å². The fraction of sp³-hybridized carbons (Fsp3) is 0.636. The van der Waals surface area contributed by atoms with Crippen LogP contribution in [0.1, 0.15) is 37.2 Å². The second-order valence-corrected chi connectivity index (χ2v) is 8.38. The van der Waals surface area contributed by atoms with Crippen LogP contribution < -0.4 is 10.6 Å². The number of nitrogens with zero attached hydrogens (tertiary/aromatic N) is 4. The van der Waals surface area contributed by atoms with E-state index in [1.54, 1.807) is 7.05 Å². The van der Waals surface area contributed by atoms with Gasteiger partial charge in [-0.3, -0.25) is 24.2 Å². The van der Waals surface area contributed by atoms with Crippen LogP contribution in [0.2, 0.25) is 0 Å². The average molecular weight is 413 g/mol. The molecule has 4 unspecified atom stereocenters. The van der Waals surface area contributed by atoms with Gasteiger partial charge in [-0.1, -0.05) is 26.0 Å². The van der Waals surface area contributed by atoms with Crippen molar-refractivity contribution in [3.8, 4) is 0 Å². The number of aryl methyl sites for hydroxylation is 2. The zero-order valence-electron chi connectivity index (χ0n) is 18.3. The number of amides is 2. The summed E-state index contributed by atoms with van der Waals surface area (Å²) in [6.07, 6.45) is 7.01. The van der Waals surface area contributed by atoms with E-state index in [2.05, 4.69) is 46.7 Å². The molecular weight excluding hydrogens is 380 g/mol. The van der Waals surface area contributed by atoms with Crippen molar-refractivity contribution in [2.24, 2.45) is 35.7 Å². The molecule has 2 amide bonds. The number of aromatic nitrogens is 2. The Labute approximate surface area is 177 Å². The molecule has 2 heterocycles. The molecule has 1 saturated carbocycles. The zero-order valence-corrected chi connectivity index (χ0v) is 18.3. The largest absolute Gasteiger partial charge is 0.355 e. The Morgan fingerprint density at radius 2 is 1.80 bits per heavy atom. The number of nitrogens with one attached hydrogen (secondary N) is 2. The number of imide groups is 1. The summed E-state index contributed by atoms with van der Waals surface area (Å²) < 4.78 is 1.95. The van der Waals surface area contributed by atoms with E-state index in [0.717, 1.165) is 25.0 Å². The molecule has 8 heteroatoms. The third kappa shape index (κ3) is 3.32. The van der Waals surface area contributed by atoms with Crippen LogP contribution in [-0.4, -0.2) is 52.6 Å². The highest BCUT2D eigenvalue weighted by Crippen LogP contribution is 2.52. The van der Waals surface area contributed by atoms with Crippen molar-refractivity contribution in [2.75, 3.05) is 20.1 Å². The van der Waals surface area contributed by atoms with Crippen molar-refractivity contribution >= 4 is 17.8 Å². The van der Waals surface area contributed by atoms with E-state index in [9.17, 15) is 9.59 Å².